The number of hydrogen-bond donors (Lipinski definition) is 1. The fraction of sp³-hybridized carbons (Fsp3) is 0.667. The molecule has 0 spiro atoms. The molecule has 142 valence electrons. The Morgan fingerprint density at radius 3 is 2.81 bits per heavy atom. The Morgan fingerprint density at radius 2 is 2.12 bits per heavy atom. The van der Waals surface area contributed by atoms with Crippen LogP contribution in [0.1, 0.15) is 44.2 Å². The smallest absolute Gasteiger partial charge is 0.161 e. The molecule has 5 nitrogen and oxygen atoms in total. The third-order valence-electron chi connectivity index (χ3n) is 7.36. The van der Waals surface area contributed by atoms with Crippen molar-refractivity contribution in [3.05, 3.63) is 23.3 Å². The lowest BCUT2D eigenvalue weighted by Crippen LogP contribution is -2.75. The molecule has 1 saturated heterocycles. The number of carbonyl (C=O) groups excluding carboxylic acids is 1. The van der Waals surface area contributed by atoms with Gasteiger partial charge >= 0.3 is 0 Å². The van der Waals surface area contributed by atoms with Crippen molar-refractivity contribution in [2.24, 2.45) is 5.92 Å². The molecule has 4 atom stereocenters. The van der Waals surface area contributed by atoms with Crippen molar-refractivity contribution in [2.75, 3.05) is 27.3 Å². The molecule has 2 bridgehead atoms. The predicted octanol–water partition coefficient (Wildman–Crippen LogP) is 2.67. The van der Waals surface area contributed by atoms with Crippen molar-refractivity contribution in [1.29, 1.82) is 0 Å². The number of likely N-dealkylation sites (N-methyl/N-ethyl adjacent to an activating group) is 1. The van der Waals surface area contributed by atoms with Crippen LogP contribution in [-0.2, 0) is 21.4 Å². The van der Waals surface area contributed by atoms with Crippen molar-refractivity contribution >= 4 is 5.78 Å². The van der Waals surface area contributed by atoms with E-state index in [0.717, 1.165) is 36.9 Å². The maximum Gasteiger partial charge on any atom is 0.161 e. The summed E-state index contributed by atoms with van der Waals surface area (Å²) in [6, 6.07) is 4.11. The largest absolute Gasteiger partial charge is 0.504 e. The average Bonchev–Trinajstić information content (AvgIpc) is 2.62. The topological polar surface area (TPSA) is 59.0 Å². The summed E-state index contributed by atoms with van der Waals surface area (Å²) < 4.78 is 12.0. The predicted molar refractivity (Wildman–Crippen MR) is 98.8 cm³/mol. The second kappa shape index (κ2) is 5.96. The first kappa shape index (κ1) is 17.8. The summed E-state index contributed by atoms with van der Waals surface area (Å²) in [5.41, 5.74) is 1.08. The van der Waals surface area contributed by atoms with Crippen LogP contribution in [0.15, 0.2) is 12.1 Å². The minimum absolute atomic E-state index is 0.184. The van der Waals surface area contributed by atoms with Gasteiger partial charge in [-0.05, 0) is 51.4 Å². The summed E-state index contributed by atoms with van der Waals surface area (Å²) >= 11 is 0. The molecule has 1 aromatic carbocycles. The summed E-state index contributed by atoms with van der Waals surface area (Å²) in [5.74, 6) is 0.763. The molecule has 26 heavy (non-hydrogen) atoms. The van der Waals surface area contributed by atoms with E-state index in [1.165, 1.54) is 0 Å². The first-order valence-electron chi connectivity index (χ1n) is 9.69. The average molecular weight is 359 g/mol. The van der Waals surface area contributed by atoms with E-state index in [-0.39, 0.29) is 23.5 Å². The Hall–Kier alpha value is -1.59. The van der Waals surface area contributed by atoms with E-state index in [1.54, 1.807) is 7.11 Å². The van der Waals surface area contributed by atoms with Gasteiger partial charge in [-0.1, -0.05) is 13.0 Å². The first-order chi connectivity index (χ1) is 12.4. The van der Waals surface area contributed by atoms with Crippen LogP contribution in [-0.4, -0.2) is 54.7 Å². The maximum atomic E-state index is 12.9. The van der Waals surface area contributed by atoms with Crippen molar-refractivity contribution in [3.8, 4) is 11.5 Å². The van der Waals surface area contributed by atoms with Gasteiger partial charge in [0.15, 0.2) is 11.5 Å². The molecular formula is C21H29NO4. The molecule has 2 aliphatic carbocycles. The highest BCUT2D eigenvalue weighted by Crippen LogP contribution is 2.63. The quantitative estimate of drug-likeness (QED) is 0.899. The highest BCUT2D eigenvalue weighted by molar-refractivity contribution is 5.85. The Morgan fingerprint density at radius 1 is 1.35 bits per heavy atom. The van der Waals surface area contributed by atoms with Gasteiger partial charge in [-0.25, -0.2) is 0 Å². The van der Waals surface area contributed by atoms with Crippen LogP contribution in [0.5, 0.6) is 11.5 Å². The molecule has 1 saturated carbocycles. The third-order valence-corrected chi connectivity index (χ3v) is 7.36. The lowest BCUT2D eigenvalue weighted by atomic mass is 9.45. The number of aromatic hydroxyl groups is 1. The van der Waals surface area contributed by atoms with Crippen molar-refractivity contribution in [3.63, 3.8) is 0 Å². The molecule has 3 aliphatic rings. The SMILES string of the molecule is CCO[C@@]12CCC(=O)[C@@H](C)[C@@]13CCN(C)[C@@H]2Cc1ccc(OC)c(O)c13. The molecule has 4 rings (SSSR count). The molecule has 1 aliphatic heterocycles. The van der Waals surface area contributed by atoms with E-state index in [1.807, 2.05) is 19.9 Å². The van der Waals surface area contributed by atoms with Crippen LogP contribution in [0.2, 0.25) is 0 Å². The Kier molecular flexibility index (Phi) is 4.08. The highest BCUT2D eigenvalue weighted by atomic mass is 16.5. The van der Waals surface area contributed by atoms with Gasteiger partial charge in [0.05, 0.1) is 12.7 Å². The summed E-state index contributed by atoms with van der Waals surface area (Å²) in [5, 5.41) is 11.1. The molecule has 0 aromatic heterocycles. The van der Waals surface area contributed by atoms with Gasteiger partial charge in [0, 0.05) is 36.0 Å². The Bertz CT molecular complexity index is 748. The number of carbonyl (C=O) groups is 1. The van der Waals surface area contributed by atoms with E-state index in [2.05, 4.69) is 18.0 Å². The molecule has 2 fully saturated rings. The van der Waals surface area contributed by atoms with Crippen LogP contribution in [0.25, 0.3) is 0 Å². The van der Waals surface area contributed by atoms with Crippen LogP contribution in [0.3, 0.4) is 0 Å². The zero-order valence-corrected chi connectivity index (χ0v) is 16.2. The van der Waals surface area contributed by atoms with Crippen molar-refractivity contribution in [2.45, 2.75) is 56.6 Å². The van der Waals surface area contributed by atoms with Crippen molar-refractivity contribution in [1.82, 2.24) is 4.90 Å². The number of Topliss-reactive ketones (excluding diaryl/α,β-unsaturated/α-hetero) is 1. The number of piperidine rings is 1. The number of hydrogen-bond acceptors (Lipinski definition) is 5. The van der Waals surface area contributed by atoms with Gasteiger partial charge in [-0.3, -0.25) is 4.79 Å². The van der Waals surface area contributed by atoms with Gasteiger partial charge in [0.25, 0.3) is 0 Å². The summed E-state index contributed by atoms with van der Waals surface area (Å²) in [6.45, 7) is 5.56. The van der Waals surface area contributed by atoms with E-state index >= 15 is 0 Å². The number of fused-ring (bicyclic) bond motifs is 1. The molecule has 0 amide bonds. The minimum atomic E-state index is -0.498. The lowest BCUT2D eigenvalue weighted by molar-refractivity contribution is -0.207. The number of ether oxygens (including phenoxy) is 2. The summed E-state index contributed by atoms with van der Waals surface area (Å²) in [7, 11) is 3.73. The fourth-order valence-electron chi connectivity index (χ4n) is 6.23. The number of benzene rings is 1. The van der Waals surface area contributed by atoms with E-state index in [0.29, 0.717) is 18.8 Å². The molecular weight excluding hydrogens is 330 g/mol. The Balaban J connectivity index is 2.06. The van der Waals surface area contributed by atoms with Crippen LogP contribution < -0.4 is 4.74 Å². The molecule has 0 radical (unpaired) electrons. The Labute approximate surface area is 155 Å². The molecule has 1 heterocycles. The minimum Gasteiger partial charge on any atom is -0.504 e. The van der Waals surface area contributed by atoms with Crippen LogP contribution >= 0.6 is 0 Å². The van der Waals surface area contributed by atoms with Crippen molar-refractivity contribution < 1.29 is 19.4 Å². The second-order valence-corrected chi connectivity index (χ2v) is 8.08. The number of methoxy groups -OCH3 is 1. The number of phenols is 1. The van der Waals surface area contributed by atoms with Gasteiger partial charge < -0.3 is 19.5 Å². The lowest BCUT2D eigenvalue weighted by Gasteiger charge is -2.66. The molecule has 1 N–H and O–H groups in total. The van der Waals surface area contributed by atoms with E-state index in [4.69, 9.17) is 9.47 Å². The standard InChI is InChI=1S/C21H29NO4/c1-5-26-21-9-8-15(23)13(2)20(21)10-11-22(3)17(21)12-14-6-7-16(25-4)19(24)18(14)20/h6-7,13,17,24H,5,8-12H2,1-4H3/t13-,17-,20-,21-/m1/s1. The van der Waals surface area contributed by atoms with Gasteiger partial charge in [-0.15, -0.1) is 0 Å². The zero-order valence-electron chi connectivity index (χ0n) is 16.2. The first-order valence-corrected chi connectivity index (χ1v) is 9.69. The zero-order chi connectivity index (χ0) is 18.7. The number of ketones is 1. The maximum absolute atomic E-state index is 12.9. The summed E-state index contributed by atoms with van der Waals surface area (Å²) in [6.07, 6.45) is 2.90. The molecule has 0 unspecified atom stereocenters. The van der Waals surface area contributed by atoms with Crippen LogP contribution in [0, 0.1) is 5.92 Å². The summed E-state index contributed by atoms with van der Waals surface area (Å²) in [4.78, 5) is 15.3. The van der Waals surface area contributed by atoms with Gasteiger partial charge in [0.2, 0.25) is 0 Å². The molecule has 5 heteroatoms. The second-order valence-electron chi connectivity index (χ2n) is 8.08. The van der Waals surface area contributed by atoms with Gasteiger partial charge in [-0.2, -0.15) is 0 Å². The van der Waals surface area contributed by atoms with Crippen LogP contribution in [0.4, 0.5) is 0 Å². The monoisotopic (exact) mass is 359 g/mol. The van der Waals surface area contributed by atoms with Gasteiger partial charge in [0.1, 0.15) is 5.78 Å². The van der Waals surface area contributed by atoms with E-state index < -0.39 is 11.0 Å². The number of nitrogens with zero attached hydrogens (tertiary/aromatic N) is 1. The number of likely N-dealkylation sites (tertiary alicyclic amines) is 1. The third kappa shape index (κ3) is 1.96. The number of phenolic OH excluding ortho intramolecular Hbond substituents is 1. The fourth-order valence-corrected chi connectivity index (χ4v) is 6.23. The molecule has 1 aromatic rings. The number of rotatable bonds is 3. The van der Waals surface area contributed by atoms with E-state index in [9.17, 15) is 9.90 Å². The normalized spacial score (nSPS) is 36.4. The highest BCUT2D eigenvalue weighted by Gasteiger charge is 2.69.